The molecule has 4 heterocycles. The normalized spacial score (nSPS) is 35.5. The van der Waals surface area contributed by atoms with Gasteiger partial charge < -0.3 is 28.4 Å². The standard InChI is InChI=1S/C42H42O9/c1-25-19-22-31-37(28-13-7-4-8-14-28)50-41(44)35-27(3)21-24-33(48-35)39(30-17-11-6-12-18-30)51-42(45)36-26(2)20-23-32(47-36)38(29-15-9-5-10-16-29)49-40(43)34(25)46-31/h4-27,31-39H,1-3H3/t25-,26-,27-,31-,32-,33-,34+,35+,36+,37+,38+,39+/m0/s1. The van der Waals surface area contributed by atoms with E-state index in [0.717, 1.165) is 0 Å². The van der Waals surface area contributed by atoms with Crippen LogP contribution in [-0.4, -0.2) is 54.5 Å². The first-order chi connectivity index (χ1) is 24.8. The van der Waals surface area contributed by atoms with E-state index in [2.05, 4.69) is 0 Å². The number of fused-ring (bicyclic) bond motifs is 6. The predicted molar refractivity (Wildman–Crippen MR) is 187 cm³/mol. The van der Waals surface area contributed by atoms with Gasteiger partial charge in [-0.2, -0.15) is 0 Å². The zero-order valence-electron chi connectivity index (χ0n) is 28.7. The van der Waals surface area contributed by atoms with Crippen molar-refractivity contribution in [3.05, 3.63) is 144 Å². The maximum Gasteiger partial charge on any atom is 0.336 e. The summed E-state index contributed by atoms with van der Waals surface area (Å²) in [5.41, 5.74) is 2.06. The molecule has 4 aliphatic rings. The lowest BCUT2D eigenvalue weighted by molar-refractivity contribution is -0.200. The number of hydrogen-bond donors (Lipinski definition) is 0. The first-order valence-corrected chi connectivity index (χ1v) is 17.5. The molecule has 0 unspecified atom stereocenters. The summed E-state index contributed by atoms with van der Waals surface area (Å²) in [5, 5.41) is 0. The van der Waals surface area contributed by atoms with Crippen molar-refractivity contribution in [1.29, 1.82) is 0 Å². The number of esters is 3. The second kappa shape index (κ2) is 15.2. The van der Waals surface area contributed by atoms with E-state index in [1.807, 2.05) is 148 Å². The highest BCUT2D eigenvalue weighted by atomic mass is 16.6. The van der Waals surface area contributed by atoms with Crippen LogP contribution in [0.5, 0.6) is 0 Å². The molecule has 3 aromatic carbocycles. The van der Waals surface area contributed by atoms with Crippen molar-refractivity contribution < 1.29 is 42.8 Å². The molecule has 1 saturated heterocycles. The molecule has 0 N–H and O–H groups in total. The molecular formula is C42H42O9. The molecule has 0 saturated carbocycles. The van der Waals surface area contributed by atoms with Gasteiger partial charge in [-0.15, -0.1) is 0 Å². The molecule has 7 rings (SSSR count). The van der Waals surface area contributed by atoms with Crippen molar-refractivity contribution in [2.24, 2.45) is 17.8 Å². The van der Waals surface area contributed by atoms with Crippen LogP contribution in [0.2, 0.25) is 0 Å². The average Bonchev–Trinajstić information content (AvgIpc) is 3.16. The average molecular weight is 691 g/mol. The summed E-state index contributed by atoms with van der Waals surface area (Å²) in [7, 11) is 0. The Morgan fingerprint density at radius 2 is 0.608 bits per heavy atom. The van der Waals surface area contributed by atoms with Crippen molar-refractivity contribution in [2.45, 2.75) is 75.7 Å². The molecule has 0 aliphatic carbocycles. The summed E-state index contributed by atoms with van der Waals surface area (Å²) in [6.45, 7) is 5.59. The van der Waals surface area contributed by atoms with Crippen LogP contribution >= 0.6 is 0 Å². The van der Waals surface area contributed by atoms with Gasteiger partial charge in [-0.3, -0.25) is 0 Å². The molecule has 1 fully saturated rings. The van der Waals surface area contributed by atoms with Gasteiger partial charge in [0, 0.05) is 17.8 Å². The Labute approximate surface area is 297 Å². The van der Waals surface area contributed by atoms with Gasteiger partial charge in [0.05, 0.1) is 0 Å². The van der Waals surface area contributed by atoms with Gasteiger partial charge in [-0.25, -0.2) is 14.4 Å². The summed E-state index contributed by atoms with van der Waals surface area (Å²) in [4.78, 5) is 42.3. The van der Waals surface area contributed by atoms with Crippen LogP contribution in [0.4, 0.5) is 0 Å². The van der Waals surface area contributed by atoms with Gasteiger partial charge in [-0.05, 0) is 16.7 Å². The summed E-state index contributed by atoms with van der Waals surface area (Å²) in [5.74, 6) is -2.88. The van der Waals surface area contributed by atoms with Crippen LogP contribution in [0, 0.1) is 17.8 Å². The number of rotatable bonds is 3. The van der Waals surface area contributed by atoms with Crippen molar-refractivity contribution in [1.82, 2.24) is 0 Å². The number of carbonyl (C=O) groups is 3. The Balaban J connectivity index is 1.31. The zero-order valence-corrected chi connectivity index (χ0v) is 28.7. The molecule has 6 bridgehead atoms. The summed E-state index contributed by atoms with van der Waals surface area (Å²) in [6.07, 6.45) is 2.91. The highest BCUT2D eigenvalue weighted by Crippen LogP contribution is 2.38. The van der Waals surface area contributed by atoms with Crippen molar-refractivity contribution in [3.63, 3.8) is 0 Å². The third-order valence-electron chi connectivity index (χ3n) is 9.86. The minimum Gasteiger partial charge on any atom is -0.452 e. The highest BCUT2D eigenvalue weighted by Gasteiger charge is 2.44. The fourth-order valence-electron chi connectivity index (χ4n) is 6.98. The minimum absolute atomic E-state index is 0.351. The van der Waals surface area contributed by atoms with Gasteiger partial charge in [0.25, 0.3) is 0 Å². The summed E-state index contributed by atoms with van der Waals surface area (Å²) < 4.78 is 38.2. The second-order valence-electron chi connectivity index (χ2n) is 13.6. The highest BCUT2D eigenvalue weighted by molar-refractivity contribution is 5.78. The number of carbonyl (C=O) groups excluding carboxylic acids is 3. The summed E-state index contributed by atoms with van der Waals surface area (Å²) >= 11 is 0. The molecular weight excluding hydrogens is 648 g/mol. The summed E-state index contributed by atoms with van der Waals surface area (Å²) in [6, 6.07) is 27.8. The van der Waals surface area contributed by atoms with Crippen LogP contribution in [-0.2, 0) is 42.8 Å². The first kappa shape index (κ1) is 34.6. The minimum atomic E-state index is -1.02. The monoisotopic (exact) mass is 690 g/mol. The fourth-order valence-corrected chi connectivity index (χ4v) is 6.98. The molecule has 4 aliphatic heterocycles. The number of benzene rings is 3. The SMILES string of the molecule is C[C@H]1C=C[C@@H]2O[C@H]1C(=O)O[C@H](c1ccccc1)[C@@H]1C=C[C@H](C)[C@@H](O1)C(=O)O[C@H](c1ccccc1)[C@@H]1C=C[C@H](C)[C@@H](O1)C(=O)O[C@@H]2c1ccccc1. The molecule has 51 heavy (non-hydrogen) atoms. The van der Waals surface area contributed by atoms with Crippen LogP contribution in [0.1, 0.15) is 55.8 Å². The van der Waals surface area contributed by atoms with Gasteiger partial charge in [-0.1, -0.05) is 148 Å². The molecule has 3 aromatic rings. The van der Waals surface area contributed by atoms with E-state index in [0.29, 0.717) is 16.7 Å². The van der Waals surface area contributed by atoms with E-state index in [1.165, 1.54) is 0 Å². The van der Waals surface area contributed by atoms with E-state index < -0.39 is 72.8 Å². The molecule has 0 amide bonds. The third-order valence-corrected chi connectivity index (χ3v) is 9.86. The smallest absolute Gasteiger partial charge is 0.336 e. The van der Waals surface area contributed by atoms with E-state index in [1.54, 1.807) is 0 Å². The zero-order chi connectivity index (χ0) is 35.5. The Morgan fingerprint density at radius 3 is 0.863 bits per heavy atom. The number of cyclic esters (lactones) is 3. The topological polar surface area (TPSA) is 107 Å². The molecule has 0 radical (unpaired) electrons. The second-order valence-corrected chi connectivity index (χ2v) is 13.6. The molecule has 0 aromatic heterocycles. The third kappa shape index (κ3) is 7.47. The Kier molecular flexibility index (Phi) is 10.3. The Morgan fingerprint density at radius 1 is 0.353 bits per heavy atom. The lowest BCUT2D eigenvalue weighted by atomic mass is 9.93. The Bertz CT molecular complexity index is 1560. The maximum atomic E-state index is 14.1. The van der Waals surface area contributed by atoms with E-state index >= 15 is 0 Å². The number of ether oxygens (including phenoxy) is 6. The van der Waals surface area contributed by atoms with Gasteiger partial charge >= 0.3 is 17.9 Å². The quantitative estimate of drug-likeness (QED) is 0.168. The van der Waals surface area contributed by atoms with Crippen molar-refractivity contribution in [2.75, 3.05) is 0 Å². The van der Waals surface area contributed by atoms with Gasteiger partial charge in [0.15, 0.2) is 36.6 Å². The van der Waals surface area contributed by atoms with Crippen LogP contribution < -0.4 is 0 Å². The predicted octanol–water partition coefficient (Wildman–Crippen LogP) is 6.73. The molecule has 264 valence electrons. The van der Waals surface area contributed by atoms with Gasteiger partial charge in [0.2, 0.25) is 0 Å². The first-order valence-electron chi connectivity index (χ1n) is 17.5. The Hall–Kier alpha value is -4.83. The van der Waals surface area contributed by atoms with Crippen molar-refractivity contribution >= 4 is 17.9 Å². The van der Waals surface area contributed by atoms with Crippen LogP contribution in [0.3, 0.4) is 0 Å². The lowest BCUT2D eigenvalue weighted by Crippen LogP contribution is -2.46. The fraction of sp³-hybridized carbons (Fsp3) is 0.357. The lowest BCUT2D eigenvalue weighted by Gasteiger charge is -2.39. The molecule has 0 spiro atoms. The molecule has 9 nitrogen and oxygen atoms in total. The van der Waals surface area contributed by atoms with E-state index in [9.17, 15) is 14.4 Å². The largest absolute Gasteiger partial charge is 0.452 e. The number of hydrogen-bond acceptors (Lipinski definition) is 9. The van der Waals surface area contributed by atoms with Crippen LogP contribution in [0.15, 0.2) is 127 Å². The van der Waals surface area contributed by atoms with Crippen LogP contribution in [0.25, 0.3) is 0 Å². The van der Waals surface area contributed by atoms with Gasteiger partial charge in [0.1, 0.15) is 18.3 Å². The van der Waals surface area contributed by atoms with E-state index in [-0.39, 0.29) is 17.8 Å². The maximum absolute atomic E-state index is 14.1. The van der Waals surface area contributed by atoms with E-state index in [4.69, 9.17) is 28.4 Å². The molecule has 12 atom stereocenters. The van der Waals surface area contributed by atoms with Crippen molar-refractivity contribution in [3.8, 4) is 0 Å². The molecule has 9 heteroatoms.